The first kappa shape index (κ1) is 12.8. The highest BCUT2D eigenvalue weighted by Crippen LogP contribution is 2.24. The van der Waals surface area contributed by atoms with Crippen LogP contribution >= 0.6 is 0 Å². The van der Waals surface area contributed by atoms with E-state index in [9.17, 15) is 4.79 Å². The zero-order chi connectivity index (χ0) is 12.1. The summed E-state index contributed by atoms with van der Waals surface area (Å²) in [6.45, 7) is 2.10. The Morgan fingerprint density at radius 1 is 1.29 bits per heavy atom. The minimum Gasteiger partial charge on any atom is -0.365 e. The summed E-state index contributed by atoms with van der Waals surface area (Å²) < 4.78 is 5.53. The normalized spacial score (nSPS) is 28.2. The number of hydrogen-bond donors (Lipinski definition) is 1. The molecule has 0 radical (unpaired) electrons. The lowest BCUT2D eigenvalue weighted by atomic mass is 10.1. The fourth-order valence-electron chi connectivity index (χ4n) is 2.92. The van der Waals surface area contributed by atoms with E-state index >= 15 is 0 Å². The van der Waals surface area contributed by atoms with E-state index in [4.69, 9.17) is 4.74 Å². The predicted octanol–water partition coefficient (Wildman–Crippen LogP) is 1.16. The Labute approximate surface area is 104 Å². The highest BCUT2D eigenvalue weighted by Gasteiger charge is 2.33. The third kappa shape index (κ3) is 3.19. The van der Waals surface area contributed by atoms with Crippen molar-refractivity contribution in [2.75, 3.05) is 26.7 Å². The molecule has 1 amide bonds. The van der Waals surface area contributed by atoms with Gasteiger partial charge in [0, 0.05) is 19.1 Å². The first-order chi connectivity index (χ1) is 8.33. The van der Waals surface area contributed by atoms with Crippen molar-refractivity contribution in [3.8, 4) is 0 Å². The van der Waals surface area contributed by atoms with Gasteiger partial charge in [0.05, 0.1) is 6.61 Å². The summed E-state index contributed by atoms with van der Waals surface area (Å²) in [5.41, 5.74) is 0. The molecule has 1 N–H and O–H groups in total. The van der Waals surface area contributed by atoms with Gasteiger partial charge in [0.25, 0.3) is 5.91 Å². The Morgan fingerprint density at radius 3 is 2.65 bits per heavy atom. The summed E-state index contributed by atoms with van der Waals surface area (Å²) in [4.78, 5) is 14.4. The van der Waals surface area contributed by atoms with Gasteiger partial charge < -0.3 is 15.0 Å². The van der Waals surface area contributed by atoms with Crippen LogP contribution in [0.3, 0.4) is 0 Å². The van der Waals surface area contributed by atoms with Gasteiger partial charge in [-0.3, -0.25) is 4.79 Å². The summed E-state index contributed by atoms with van der Waals surface area (Å²) in [5, 5.41) is 3.03. The van der Waals surface area contributed by atoms with Gasteiger partial charge in [0.1, 0.15) is 6.10 Å². The molecule has 1 unspecified atom stereocenters. The maximum absolute atomic E-state index is 12.3. The van der Waals surface area contributed by atoms with Crippen LogP contribution in [0.4, 0.5) is 0 Å². The molecular formula is C13H24N2O2. The number of nitrogens with one attached hydrogen (secondary N) is 1. The van der Waals surface area contributed by atoms with Crippen LogP contribution in [-0.4, -0.2) is 49.7 Å². The van der Waals surface area contributed by atoms with Crippen molar-refractivity contribution < 1.29 is 9.53 Å². The molecule has 2 fully saturated rings. The number of rotatable bonds is 3. The summed E-state index contributed by atoms with van der Waals surface area (Å²) in [6.07, 6.45) is 7.29. The average Bonchev–Trinajstić information content (AvgIpc) is 2.61. The van der Waals surface area contributed by atoms with Crippen molar-refractivity contribution in [1.29, 1.82) is 0 Å². The highest BCUT2D eigenvalue weighted by molar-refractivity contribution is 5.82. The van der Waals surface area contributed by atoms with E-state index in [0.29, 0.717) is 19.2 Å². The van der Waals surface area contributed by atoms with Crippen LogP contribution in [0.1, 0.15) is 38.5 Å². The third-order valence-corrected chi connectivity index (χ3v) is 3.86. The number of amides is 1. The van der Waals surface area contributed by atoms with Crippen molar-refractivity contribution >= 4 is 5.91 Å². The van der Waals surface area contributed by atoms with Gasteiger partial charge in [-0.15, -0.1) is 0 Å². The predicted molar refractivity (Wildman–Crippen MR) is 66.9 cm³/mol. The molecule has 0 aromatic carbocycles. The van der Waals surface area contributed by atoms with Gasteiger partial charge in [-0.1, -0.05) is 25.7 Å². The third-order valence-electron chi connectivity index (χ3n) is 3.86. The second-order valence-electron chi connectivity index (χ2n) is 5.09. The lowest BCUT2D eigenvalue weighted by Gasteiger charge is -2.37. The number of likely N-dealkylation sites (N-methyl/N-ethyl adjacent to an activating group) is 1. The molecule has 1 saturated carbocycles. The molecule has 2 aliphatic rings. The summed E-state index contributed by atoms with van der Waals surface area (Å²) in [5.74, 6) is 0.192. The lowest BCUT2D eigenvalue weighted by Crippen LogP contribution is -2.54. The fraction of sp³-hybridized carbons (Fsp3) is 0.923. The van der Waals surface area contributed by atoms with Crippen LogP contribution in [0.15, 0.2) is 0 Å². The van der Waals surface area contributed by atoms with Crippen molar-refractivity contribution in [3.05, 3.63) is 0 Å². The van der Waals surface area contributed by atoms with Gasteiger partial charge in [-0.2, -0.15) is 0 Å². The molecule has 0 aromatic rings. The molecule has 1 atom stereocenters. The SMILES string of the molecule is CNCC1OCCN(C2CCCCCC2)C1=O. The van der Waals surface area contributed by atoms with Crippen LogP contribution in [0.5, 0.6) is 0 Å². The number of carbonyl (C=O) groups excluding carboxylic acids is 1. The van der Waals surface area contributed by atoms with Crippen LogP contribution in [0, 0.1) is 0 Å². The number of nitrogens with zero attached hydrogens (tertiary/aromatic N) is 1. The first-order valence-corrected chi connectivity index (χ1v) is 6.89. The second kappa shape index (κ2) is 6.36. The maximum Gasteiger partial charge on any atom is 0.253 e. The second-order valence-corrected chi connectivity index (χ2v) is 5.09. The van der Waals surface area contributed by atoms with E-state index in [-0.39, 0.29) is 12.0 Å². The number of morpholine rings is 1. The standard InChI is InChI=1S/C13H24N2O2/c1-14-10-12-13(16)15(8-9-17-12)11-6-4-2-3-5-7-11/h11-12,14H,2-10H2,1H3. The minimum atomic E-state index is -0.267. The first-order valence-electron chi connectivity index (χ1n) is 6.89. The van der Waals surface area contributed by atoms with Gasteiger partial charge >= 0.3 is 0 Å². The molecule has 17 heavy (non-hydrogen) atoms. The van der Waals surface area contributed by atoms with E-state index in [0.717, 1.165) is 6.54 Å². The van der Waals surface area contributed by atoms with Gasteiger partial charge in [0.2, 0.25) is 0 Å². The van der Waals surface area contributed by atoms with Crippen LogP contribution in [0.25, 0.3) is 0 Å². The monoisotopic (exact) mass is 240 g/mol. The molecule has 0 bridgehead atoms. The zero-order valence-corrected chi connectivity index (χ0v) is 10.8. The van der Waals surface area contributed by atoms with Crippen molar-refractivity contribution in [2.24, 2.45) is 0 Å². The number of ether oxygens (including phenoxy) is 1. The Hall–Kier alpha value is -0.610. The molecule has 4 heteroatoms. The largest absolute Gasteiger partial charge is 0.365 e. The minimum absolute atomic E-state index is 0.192. The number of hydrogen-bond acceptors (Lipinski definition) is 3. The summed E-state index contributed by atoms with van der Waals surface area (Å²) >= 11 is 0. The van der Waals surface area contributed by atoms with Crippen molar-refractivity contribution in [3.63, 3.8) is 0 Å². The van der Waals surface area contributed by atoms with E-state index in [2.05, 4.69) is 10.2 Å². The topological polar surface area (TPSA) is 41.6 Å². The molecule has 0 spiro atoms. The van der Waals surface area contributed by atoms with Crippen LogP contribution < -0.4 is 5.32 Å². The molecule has 1 heterocycles. The van der Waals surface area contributed by atoms with E-state index in [1.807, 2.05) is 7.05 Å². The van der Waals surface area contributed by atoms with E-state index < -0.39 is 0 Å². The van der Waals surface area contributed by atoms with E-state index in [1.54, 1.807) is 0 Å². The quantitative estimate of drug-likeness (QED) is 0.753. The summed E-state index contributed by atoms with van der Waals surface area (Å²) in [7, 11) is 1.86. The Kier molecular flexibility index (Phi) is 4.80. The average molecular weight is 240 g/mol. The van der Waals surface area contributed by atoms with Crippen LogP contribution in [0.2, 0.25) is 0 Å². The number of carbonyl (C=O) groups is 1. The highest BCUT2D eigenvalue weighted by atomic mass is 16.5. The van der Waals surface area contributed by atoms with Gasteiger partial charge in [-0.25, -0.2) is 0 Å². The molecule has 0 aromatic heterocycles. The molecule has 1 aliphatic carbocycles. The lowest BCUT2D eigenvalue weighted by molar-refractivity contribution is -0.155. The molecule has 1 saturated heterocycles. The zero-order valence-electron chi connectivity index (χ0n) is 10.8. The molecule has 4 nitrogen and oxygen atoms in total. The molecule has 98 valence electrons. The Balaban J connectivity index is 1.95. The molecular weight excluding hydrogens is 216 g/mol. The van der Waals surface area contributed by atoms with E-state index in [1.165, 1.54) is 38.5 Å². The van der Waals surface area contributed by atoms with Gasteiger partial charge in [0.15, 0.2) is 0 Å². The smallest absolute Gasteiger partial charge is 0.253 e. The Bertz CT molecular complexity index is 248. The fourth-order valence-corrected chi connectivity index (χ4v) is 2.92. The van der Waals surface area contributed by atoms with Gasteiger partial charge in [-0.05, 0) is 19.9 Å². The van der Waals surface area contributed by atoms with Crippen LogP contribution in [-0.2, 0) is 9.53 Å². The summed E-state index contributed by atoms with van der Waals surface area (Å²) in [6, 6.07) is 0.466. The van der Waals surface area contributed by atoms with Crippen molar-refractivity contribution in [1.82, 2.24) is 10.2 Å². The molecule has 2 rings (SSSR count). The van der Waals surface area contributed by atoms with Crippen molar-refractivity contribution in [2.45, 2.75) is 50.7 Å². The maximum atomic E-state index is 12.3. The molecule has 1 aliphatic heterocycles. The Morgan fingerprint density at radius 2 is 2.00 bits per heavy atom.